The zero-order chi connectivity index (χ0) is 31.6. The number of nitrogens with zero attached hydrogens (tertiary/aromatic N) is 2. The van der Waals surface area contributed by atoms with Crippen molar-refractivity contribution in [3.05, 3.63) is 135 Å². The molecular weight excluding hydrogens is 589 g/mol. The van der Waals surface area contributed by atoms with Gasteiger partial charge in [-0.15, -0.1) is 0 Å². The van der Waals surface area contributed by atoms with Crippen molar-refractivity contribution in [1.82, 2.24) is 10.2 Å². The molecule has 0 bridgehead atoms. The van der Waals surface area contributed by atoms with Crippen molar-refractivity contribution in [3.63, 3.8) is 0 Å². The van der Waals surface area contributed by atoms with Crippen molar-refractivity contribution >= 4 is 40.4 Å². The summed E-state index contributed by atoms with van der Waals surface area (Å²) in [5.74, 6) is 0.876. The number of rotatable bonds is 8. The van der Waals surface area contributed by atoms with Crippen LogP contribution in [0.15, 0.2) is 109 Å². The number of ether oxygens (including phenoxy) is 1. The van der Waals surface area contributed by atoms with E-state index < -0.39 is 0 Å². The first kappa shape index (κ1) is 33.1. The monoisotopic (exact) mass is 629 g/mol. The molecule has 5 nitrogen and oxygen atoms in total. The molecule has 5 rings (SSSR count). The Morgan fingerprint density at radius 3 is 2.36 bits per heavy atom. The summed E-state index contributed by atoms with van der Waals surface area (Å²) in [6.07, 6.45) is 5.70. The highest BCUT2D eigenvalue weighted by atomic mass is 35.5. The molecular formula is C37H41Cl2N3O2. The van der Waals surface area contributed by atoms with Crippen molar-refractivity contribution in [1.29, 1.82) is 0 Å². The molecule has 230 valence electrons. The maximum atomic E-state index is 13.2. The molecule has 1 amide bonds. The maximum Gasteiger partial charge on any atom is 0.228 e. The first-order valence-electron chi connectivity index (χ1n) is 15.2. The minimum atomic E-state index is -0.158. The number of carbonyl (C=O) groups excluding carboxylic acids is 1. The average molecular weight is 631 g/mol. The highest BCUT2D eigenvalue weighted by molar-refractivity contribution is 6.31. The number of hydrogen-bond donors (Lipinski definition) is 1. The van der Waals surface area contributed by atoms with Crippen LogP contribution in [0.1, 0.15) is 50.8 Å². The Hall–Kier alpha value is -3.77. The third-order valence-electron chi connectivity index (χ3n) is 7.57. The fourth-order valence-electron chi connectivity index (χ4n) is 5.46. The van der Waals surface area contributed by atoms with Crippen LogP contribution in [-0.2, 0) is 11.3 Å². The SMILES string of the molecule is C=C1Oc2cc(Cl)c(CN3CCN(c4ccccc4)CC3)cc2C(c2cccc(Cl)c2)=C1CC(=O)NC(/C=C\C)=C/C.CC. The molecule has 0 spiro atoms. The van der Waals surface area contributed by atoms with Crippen LogP contribution in [0.2, 0.25) is 10.0 Å². The number of halogens is 2. The normalized spacial score (nSPS) is 15.5. The lowest BCUT2D eigenvalue weighted by Gasteiger charge is -2.36. The van der Waals surface area contributed by atoms with Crippen LogP contribution in [0.3, 0.4) is 0 Å². The number of allylic oxidation sites excluding steroid dienone is 4. The molecule has 44 heavy (non-hydrogen) atoms. The Kier molecular flexibility index (Phi) is 11.9. The molecule has 2 aliphatic heterocycles. The number of nitrogens with one attached hydrogen (secondary N) is 1. The van der Waals surface area contributed by atoms with Gasteiger partial charge < -0.3 is 15.0 Å². The minimum absolute atomic E-state index is 0.0917. The van der Waals surface area contributed by atoms with Gasteiger partial charge >= 0.3 is 0 Å². The van der Waals surface area contributed by atoms with Gasteiger partial charge in [-0.1, -0.05) is 86.1 Å². The van der Waals surface area contributed by atoms with Crippen molar-refractivity contribution in [2.24, 2.45) is 0 Å². The van der Waals surface area contributed by atoms with E-state index in [9.17, 15) is 4.79 Å². The maximum absolute atomic E-state index is 13.2. The van der Waals surface area contributed by atoms with E-state index in [1.54, 1.807) is 0 Å². The summed E-state index contributed by atoms with van der Waals surface area (Å²) >= 11 is 13.3. The van der Waals surface area contributed by atoms with Crippen molar-refractivity contribution in [2.75, 3.05) is 31.1 Å². The lowest BCUT2D eigenvalue weighted by Crippen LogP contribution is -2.46. The predicted molar refractivity (Wildman–Crippen MR) is 185 cm³/mol. The number of amides is 1. The Balaban J connectivity index is 0.00000216. The molecule has 7 heteroatoms. The number of para-hydroxylation sites is 1. The number of benzene rings is 3. The highest BCUT2D eigenvalue weighted by Crippen LogP contribution is 2.44. The van der Waals surface area contributed by atoms with Crippen LogP contribution in [0.5, 0.6) is 5.75 Å². The summed E-state index contributed by atoms with van der Waals surface area (Å²) in [4.78, 5) is 18.0. The molecule has 0 aliphatic carbocycles. The number of carbonyl (C=O) groups is 1. The van der Waals surface area contributed by atoms with Crippen molar-refractivity contribution in [2.45, 2.75) is 40.7 Å². The Bertz CT molecular complexity index is 1570. The Morgan fingerprint density at radius 1 is 0.977 bits per heavy atom. The second kappa shape index (κ2) is 15.8. The first-order chi connectivity index (χ1) is 21.4. The van der Waals surface area contributed by atoms with Crippen LogP contribution in [0.4, 0.5) is 5.69 Å². The molecule has 3 aromatic carbocycles. The molecule has 0 atom stereocenters. The van der Waals surface area contributed by atoms with Crippen LogP contribution in [0, 0.1) is 0 Å². The summed E-state index contributed by atoms with van der Waals surface area (Å²) < 4.78 is 6.20. The Labute approximate surface area is 272 Å². The van der Waals surface area contributed by atoms with Gasteiger partial charge in [0.15, 0.2) is 0 Å². The standard InChI is InChI=1S/C35H35Cl2N3O2.C2H6/c1-4-10-28(5-2)38-34(41)21-30-24(3)42-33-22-32(37)26(20-31(33)35(30)25-11-9-12-27(36)19-25)23-39-15-17-40(18-16-39)29-13-7-6-8-14-29;1-2/h4-14,19-20,22H,3,15-18,21,23H2,1-2H3,(H,38,41);1-2H3/b10-4-,28-5+;. The zero-order valence-electron chi connectivity index (χ0n) is 26.0. The summed E-state index contributed by atoms with van der Waals surface area (Å²) in [6, 6.07) is 22.1. The van der Waals surface area contributed by atoms with E-state index in [-0.39, 0.29) is 12.3 Å². The van der Waals surface area contributed by atoms with E-state index in [2.05, 4.69) is 52.0 Å². The molecule has 0 radical (unpaired) electrons. The molecule has 0 unspecified atom stereocenters. The molecule has 0 aromatic heterocycles. The van der Waals surface area contributed by atoms with Gasteiger partial charge in [0.1, 0.15) is 11.5 Å². The third kappa shape index (κ3) is 8.03. The van der Waals surface area contributed by atoms with Gasteiger partial charge in [0.25, 0.3) is 0 Å². The second-order valence-electron chi connectivity index (χ2n) is 10.4. The Morgan fingerprint density at radius 2 is 1.70 bits per heavy atom. The third-order valence-corrected chi connectivity index (χ3v) is 8.16. The van der Waals surface area contributed by atoms with E-state index in [1.807, 2.05) is 82.3 Å². The van der Waals surface area contributed by atoms with Gasteiger partial charge in [-0.3, -0.25) is 9.69 Å². The fourth-order valence-corrected chi connectivity index (χ4v) is 5.86. The van der Waals surface area contributed by atoms with E-state index in [0.29, 0.717) is 33.7 Å². The van der Waals surface area contributed by atoms with Crippen LogP contribution in [-0.4, -0.2) is 37.0 Å². The largest absolute Gasteiger partial charge is 0.457 e. The summed E-state index contributed by atoms with van der Waals surface area (Å²) in [7, 11) is 0. The molecule has 1 N–H and O–H groups in total. The van der Waals surface area contributed by atoms with Crippen LogP contribution in [0.25, 0.3) is 5.57 Å². The molecule has 0 saturated carbocycles. The predicted octanol–water partition coefficient (Wildman–Crippen LogP) is 9.04. The van der Waals surface area contributed by atoms with Gasteiger partial charge in [0.2, 0.25) is 5.91 Å². The molecule has 1 saturated heterocycles. The summed E-state index contributed by atoms with van der Waals surface area (Å²) in [6.45, 7) is 16.4. The molecule has 2 heterocycles. The number of anilines is 1. The van der Waals surface area contributed by atoms with Gasteiger partial charge in [0.05, 0.1) is 6.42 Å². The van der Waals surface area contributed by atoms with E-state index in [4.69, 9.17) is 27.9 Å². The van der Waals surface area contributed by atoms with Gasteiger partial charge in [-0.2, -0.15) is 0 Å². The number of hydrogen-bond acceptors (Lipinski definition) is 4. The van der Waals surface area contributed by atoms with Gasteiger partial charge in [-0.25, -0.2) is 0 Å². The topological polar surface area (TPSA) is 44.8 Å². The first-order valence-corrected chi connectivity index (χ1v) is 15.9. The lowest BCUT2D eigenvalue weighted by molar-refractivity contribution is -0.119. The van der Waals surface area contributed by atoms with Gasteiger partial charge in [0, 0.05) is 76.9 Å². The quantitative estimate of drug-likeness (QED) is 0.252. The van der Waals surface area contributed by atoms with Gasteiger partial charge in [-0.05, 0) is 61.4 Å². The molecule has 1 fully saturated rings. The number of piperazine rings is 1. The van der Waals surface area contributed by atoms with E-state index in [1.165, 1.54) is 5.69 Å². The van der Waals surface area contributed by atoms with Crippen LogP contribution < -0.4 is 15.0 Å². The highest BCUT2D eigenvalue weighted by Gasteiger charge is 2.28. The zero-order valence-corrected chi connectivity index (χ0v) is 27.5. The van der Waals surface area contributed by atoms with Crippen LogP contribution >= 0.6 is 23.2 Å². The smallest absolute Gasteiger partial charge is 0.228 e. The average Bonchev–Trinajstić information content (AvgIpc) is 3.03. The minimum Gasteiger partial charge on any atom is -0.457 e. The molecule has 2 aliphatic rings. The fraction of sp³-hybridized carbons (Fsp3) is 0.270. The second-order valence-corrected chi connectivity index (χ2v) is 11.2. The summed E-state index contributed by atoms with van der Waals surface area (Å²) in [5.41, 5.74) is 6.34. The van der Waals surface area contributed by atoms with E-state index >= 15 is 0 Å². The molecule has 3 aromatic rings. The summed E-state index contributed by atoms with van der Waals surface area (Å²) in [5, 5.41) is 4.23. The lowest BCUT2D eigenvalue weighted by atomic mass is 9.87. The van der Waals surface area contributed by atoms with E-state index in [0.717, 1.165) is 54.1 Å². The van der Waals surface area contributed by atoms with Crippen molar-refractivity contribution < 1.29 is 9.53 Å². The number of fused-ring (bicyclic) bond motifs is 1. The van der Waals surface area contributed by atoms with Crippen molar-refractivity contribution in [3.8, 4) is 5.75 Å².